The van der Waals surface area contributed by atoms with E-state index < -0.39 is 5.97 Å². The Bertz CT molecular complexity index is 813. The molecule has 4 nitrogen and oxygen atoms in total. The molecule has 1 aliphatic heterocycles. The third kappa shape index (κ3) is 2.75. The molecule has 116 valence electrons. The largest absolute Gasteiger partial charge is 0.478 e. The normalized spacial score (nSPS) is 15.1. The monoisotopic (exact) mass is 325 g/mol. The molecule has 1 heterocycles. The molecule has 0 aliphatic carbocycles. The Kier molecular flexibility index (Phi) is 4.21. The van der Waals surface area contributed by atoms with E-state index in [0.29, 0.717) is 22.5 Å². The summed E-state index contributed by atoms with van der Waals surface area (Å²) >= 11 is 1.62. The molecule has 0 saturated heterocycles. The second-order valence-electron chi connectivity index (χ2n) is 4.95. The summed E-state index contributed by atoms with van der Waals surface area (Å²) in [6, 6.07) is 14.6. The van der Waals surface area contributed by atoms with Gasteiger partial charge in [-0.25, -0.2) is 4.79 Å². The maximum atomic E-state index is 12.8. The fourth-order valence-electron chi connectivity index (χ4n) is 2.66. The minimum Gasteiger partial charge on any atom is -0.478 e. The van der Waals surface area contributed by atoms with Crippen molar-refractivity contribution in [2.45, 2.75) is 11.8 Å². The number of thioether (sulfide) groups is 1. The topological polar surface area (TPSA) is 57.6 Å². The number of amides is 1. The van der Waals surface area contributed by atoms with Gasteiger partial charge >= 0.3 is 5.97 Å². The van der Waals surface area contributed by atoms with E-state index in [2.05, 4.69) is 0 Å². The highest BCUT2D eigenvalue weighted by molar-refractivity contribution is 7.99. The summed E-state index contributed by atoms with van der Waals surface area (Å²) in [7, 11) is 0. The van der Waals surface area contributed by atoms with Gasteiger partial charge in [0.15, 0.2) is 0 Å². The number of para-hydroxylation sites is 1. The van der Waals surface area contributed by atoms with Crippen molar-refractivity contribution < 1.29 is 14.7 Å². The van der Waals surface area contributed by atoms with Crippen LogP contribution in [0.3, 0.4) is 0 Å². The lowest BCUT2D eigenvalue weighted by Crippen LogP contribution is -2.23. The molecule has 0 spiro atoms. The van der Waals surface area contributed by atoms with E-state index in [0.717, 1.165) is 16.7 Å². The maximum absolute atomic E-state index is 12.8. The van der Waals surface area contributed by atoms with E-state index in [-0.39, 0.29) is 5.91 Å². The van der Waals surface area contributed by atoms with Gasteiger partial charge in [-0.05, 0) is 24.0 Å². The number of benzene rings is 2. The zero-order chi connectivity index (χ0) is 16.4. The van der Waals surface area contributed by atoms with Crippen molar-refractivity contribution in [3.8, 4) is 0 Å². The van der Waals surface area contributed by atoms with Crippen molar-refractivity contribution in [2.75, 3.05) is 10.7 Å². The molecule has 1 amide bonds. The maximum Gasteiger partial charge on any atom is 0.330 e. The number of carbonyl (C=O) groups excluding carboxylic acids is 1. The predicted octanol–water partition coefficient (Wildman–Crippen LogP) is 3.88. The van der Waals surface area contributed by atoms with E-state index >= 15 is 0 Å². The van der Waals surface area contributed by atoms with E-state index in [9.17, 15) is 14.7 Å². The fraction of sp³-hybridized carbons (Fsp3) is 0.111. The number of nitrogens with zero attached hydrogens (tertiary/aromatic N) is 1. The minimum absolute atomic E-state index is 0.197. The number of carboxylic acid groups (broad SMARTS) is 1. The molecule has 0 bridgehead atoms. The number of aliphatic carboxylic acids is 1. The van der Waals surface area contributed by atoms with Crippen LogP contribution in [0.25, 0.3) is 5.70 Å². The first-order valence-electron chi connectivity index (χ1n) is 7.23. The average Bonchev–Trinajstić information content (AvgIpc) is 2.81. The SMILES string of the molecule is CCSc1ccccc1N1C(=O)c2ccccc2C1=CC(=O)O. The molecule has 5 heteroatoms. The number of rotatable bonds is 4. The average molecular weight is 325 g/mol. The molecule has 0 atom stereocenters. The van der Waals surface area contributed by atoms with Crippen LogP contribution in [0.15, 0.2) is 59.5 Å². The van der Waals surface area contributed by atoms with Gasteiger partial charge in [0.05, 0.1) is 11.4 Å². The molecule has 1 N–H and O–H groups in total. The lowest BCUT2D eigenvalue weighted by Gasteiger charge is -2.21. The molecule has 2 aromatic carbocycles. The number of hydrogen-bond acceptors (Lipinski definition) is 3. The summed E-state index contributed by atoms with van der Waals surface area (Å²) in [6.45, 7) is 2.04. The van der Waals surface area contributed by atoms with Crippen LogP contribution in [-0.2, 0) is 4.79 Å². The molecule has 0 unspecified atom stereocenters. The van der Waals surface area contributed by atoms with Gasteiger partial charge in [-0.15, -0.1) is 11.8 Å². The Morgan fingerprint density at radius 2 is 1.78 bits per heavy atom. The van der Waals surface area contributed by atoms with Gasteiger partial charge in [-0.3, -0.25) is 9.69 Å². The number of hydrogen-bond donors (Lipinski definition) is 1. The van der Waals surface area contributed by atoms with Crippen LogP contribution in [0.5, 0.6) is 0 Å². The second-order valence-corrected chi connectivity index (χ2v) is 6.26. The molecule has 0 saturated carbocycles. The zero-order valence-corrected chi connectivity index (χ0v) is 13.3. The Morgan fingerprint density at radius 3 is 2.48 bits per heavy atom. The van der Waals surface area contributed by atoms with E-state index in [4.69, 9.17) is 0 Å². The van der Waals surface area contributed by atoms with Crippen LogP contribution in [0.2, 0.25) is 0 Å². The Morgan fingerprint density at radius 1 is 1.13 bits per heavy atom. The van der Waals surface area contributed by atoms with Gasteiger partial charge in [0, 0.05) is 22.1 Å². The van der Waals surface area contributed by atoms with Gasteiger partial charge in [0.25, 0.3) is 5.91 Å². The van der Waals surface area contributed by atoms with E-state index in [1.165, 1.54) is 4.90 Å². The van der Waals surface area contributed by atoms with Crippen LogP contribution in [0, 0.1) is 0 Å². The zero-order valence-electron chi connectivity index (χ0n) is 12.5. The number of anilines is 1. The molecule has 3 rings (SSSR count). The van der Waals surface area contributed by atoms with Crippen LogP contribution < -0.4 is 4.90 Å². The highest BCUT2D eigenvalue weighted by Gasteiger charge is 2.34. The van der Waals surface area contributed by atoms with E-state index in [1.807, 2.05) is 31.2 Å². The third-order valence-electron chi connectivity index (χ3n) is 3.54. The van der Waals surface area contributed by atoms with Crippen molar-refractivity contribution in [1.82, 2.24) is 0 Å². The van der Waals surface area contributed by atoms with Gasteiger partial charge in [0.2, 0.25) is 0 Å². The first-order valence-corrected chi connectivity index (χ1v) is 8.22. The molecule has 2 aromatic rings. The highest BCUT2D eigenvalue weighted by Crippen LogP contribution is 2.40. The Hall–Kier alpha value is -2.53. The standard InChI is InChI=1S/C18H15NO3S/c1-2-23-16-10-6-5-9-14(16)19-15(11-17(20)21)12-7-3-4-8-13(12)18(19)22/h3-11H,2H2,1H3,(H,20,21). The lowest BCUT2D eigenvalue weighted by molar-refractivity contribution is -0.131. The van der Waals surface area contributed by atoms with Crippen LogP contribution in [-0.4, -0.2) is 22.7 Å². The van der Waals surface area contributed by atoms with Crippen LogP contribution in [0.4, 0.5) is 5.69 Å². The molecule has 0 fully saturated rings. The summed E-state index contributed by atoms with van der Waals surface area (Å²) in [5, 5.41) is 9.20. The third-order valence-corrected chi connectivity index (χ3v) is 4.49. The van der Waals surface area contributed by atoms with Crippen molar-refractivity contribution >= 4 is 35.0 Å². The summed E-state index contributed by atoms with van der Waals surface area (Å²) in [6.07, 6.45) is 1.09. The fourth-order valence-corrected chi connectivity index (χ4v) is 3.45. The molecule has 0 aromatic heterocycles. The first kappa shape index (κ1) is 15.4. The van der Waals surface area contributed by atoms with E-state index in [1.54, 1.807) is 36.0 Å². The first-order chi connectivity index (χ1) is 11.1. The summed E-state index contributed by atoms with van der Waals surface area (Å²) in [4.78, 5) is 26.5. The van der Waals surface area contributed by atoms with Crippen LogP contribution >= 0.6 is 11.8 Å². The van der Waals surface area contributed by atoms with Crippen molar-refractivity contribution in [3.63, 3.8) is 0 Å². The van der Waals surface area contributed by atoms with Gasteiger partial charge < -0.3 is 5.11 Å². The molecule has 23 heavy (non-hydrogen) atoms. The summed E-state index contributed by atoms with van der Waals surface area (Å²) < 4.78 is 0. The van der Waals surface area contributed by atoms with Gasteiger partial charge in [0.1, 0.15) is 0 Å². The molecular weight excluding hydrogens is 310 g/mol. The van der Waals surface area contributed by atoms with Crippen molar-refractivity contribution in [1.29, 1.82) is 0 Å². The number of carbonyl (C=O) groups is 2. The van der Waals surface area contributed by atoms with Crippen molar-refractivity contribution in [3.05, 3.63) is 65.7 Å². The predicted molar refractivity (Wildman–Crippen MR) is 91.7 cm³/mol. The van der Waals surface area contributed by atoms with Crippen LogP contribution in [0.1, 0.15) is 22.8 Å². The summed E-state index contributed by atoms with van der Waals surface area (Å²) in [5.74, 6) is -0.406. The highest BCUT2D eigenvalue weighted by atomic mass is 32.2. The van der Waals surface area contributed by atoms with Gasteiger partial charge in [-0.2, -0.15) is 0 Å². The number of fused-ring (bicyclic) bond motifs is 1. The van der Waals surface area contributed by atoms with Crippen molar-refractivity contribution in [2.24, 2.45) is 0 Å². The molecule has 1 aliphatic rings. The smallest absolute Gasteiger partial charge is 0.330 e. The Labute approximate surface area is 138 Å². The summed E-state index contributed by atoms with van der Waals surface area (Å²) in [5.41, 5.74) is 2.29. The lowest BCUT2D eigenvalue weighted by atomic mass is 10.1. The van der Waals surface area contributed by atoms with Gasteiger partial charge in [-0.1, -0.05) is 37.3 Å². The number of carboxylic acids is 1. The molecular formula is C18H15NO3S. The minimum atomic E-state index is -1.07. The quantitative estimate of drug-likeness (QED) is 0.684. The Balaban J connectivity index is 2.19. The molecule has 0 radical (unpaired) electrons. The second kappa shape index (κ2) is 6.30.